The molecule has 0 aromatic rings. The van der Waals surface area contributed by atoms with E-state index in [1.807, 2.05) is 12.4 Å². The summed E-state index contributed by atoms with van der Waals surface area (Å²) in [6, 6.07) is 0. The Balaban J connectivity index is 3.74. The van der Waals surface area contributed by atoms with E-state index in [1.165, 1.54) is 5.57 Å². The third-order valence-corrected chi connectivity index (χ3v) is 1.45. The molecule has 0 saturated carbocycles. The fraction of sp³-hybridized carbons (Fsp3) is 0.667. The topological polar surface area (TPSA) is 12.4 Å². The Morgan fingerprint density at radius 1 is 1.20 bits per heavy atom. The van der Waals surface area contributed by atoms with E-state index in [2.05, 4.69) is 25.8 Å². The largest absolute Gasteiger partial charge is 0.269 e. The molecular weight excluding hydrogens is 122 g/mol. The van der Waals surface area contributed by atoms with Gasteiger partial charge in [0.1, 0.15) is 0 Å². The van der Waals surface area contributed by atoms with Gasteiger partial charge in [0.25, 0.3) is 0 Å². The summed E-state index contributed by atoms with van der Waals surface area (Å²) in [5.74, 6) is 0. The highest BCUT2D eigenvalue weighted by Crippen LogP contribution is 2.04. The Morgan fingerprint density at radius 3 is 2.20 bits per heavy atom. The number of nitrogens with zero attached hydrogens (tertiary/aromatic N) is 1. The maximum Gasteiger partial charge on any atom is 0.0255 e. The molecule has 58 valence electrons. The van der Waals surface area contributed by atoms with Crippen LogP contribution in [-0.2, 0) is 0 Å². The Bertz CT molecular complexity index is 117. The van der Waals surface area contributed by atoms with E-state index in [4.69, 9.17) is 0 Å². The van der Waals surface area contributed by atoms with Crippen molar-refractivity contribution < 1.29 is 0 Å². The Morgan fingerprint density at radius 2 is 1.80 bits per heavy atom. The van der Waals surface area contributed by atoms with Crippen LogP contribution in [0, 0.1) is 0 Å². The van der Waals surface area contributed by atoms with Crippen molar-refractivity contribution in [2.24, 2.45) is 4.99 Å². The highest BCUT2D eigenvalue weighted by molar-refractivity contribution is 5.57. The molecule has 0 aliphatic carbocycles. The second-order valence-corrected chi connectivity index (χ2v) is 2.23. The predicted molar refractivity (Wildman–Crippen MR) is 47.4 cm³/mol. The molecule has 0 heterocycles. The fourth-order valence-electron chi connectivity index (χ4n) is 0.696. The van der Waals surface area contributed by atoms with Crippen molar-refractivity contribution in [3.05, 3.63) is 11.8 Å². The van der Waals surface area contributed by atoms with E-state index >= 15 is 0 Å². The van der Waals surface area contributed by atoms with E-state index in [-0.39, 0.29) is 0 Å². The summed E-state index contributed by atoms with van der Waals surface area (Å²) in [5.41, 5.74) is 1.42. The summed E-state index contributed by atoms with van der Waals surface area (Å²) < 4.78 is 0. The van der Waals surface area contributed by atoms with Crippen LogP contribution in [0.1, 0.15) is 40.0 Å². The number of hydrogen-bond donors (Lipinski definition) is 0. The fourth-order valence-corrected chi connectivity index (χ4v) is 0.696. The van der Waals surface area contributed by atoms with E-state index in [9.17, 15) is 0 Å². The van der Waals surface area contributed by atoms with E-state index in [0.29, 0.717) is 0 Å². The lowest BCUT2D eigenvalue weighted by atomic mass is 10.2. The van der Waals surface area contributed by atoms with Crippen molar-refractivity contribution in [2.75, 3.05) is 0 Å². The van der Waals surface area contributed by atoms with Gasteiger partial charge in [-0.15, -0.1) is 0 Å². The average Bonchev–Trinajstić information content (AvgIpc) is 1.99. The van der Waals surface area contributed by atoms with Crippen molar-refractivity contribution in [1.29, 1.82) is 0 Å². The quantitative estimate of drug-likeness (QED) is 0.530. The minimum absolute atomic E-state index is 1.03. The highest BCUT2D eigenvalue weighted by Gasteiger charge is 1.85. The molecule has 0 atom stereocenters. The van der Waals surface area contributed by atoms with Gasteiger partial charge in [0.15, 0.2) is 0 Å². The third-order valence-electron chi connectivity index (χ3n) is 1.45. The molecule has 1 nitrogen and oxygen atoms in total. The zero-order valence-electron chi connectivity index (χ0n) is 7.22. The first-order valence-electron chi connectivity index (χ1n) is 4.04. The molecule has 0 aliphatic heterocycles. The van der Waals surface area contributed by atoms with Crippen molar-refractivity contribution in [3.8, 4) is 0 Å². The van der Waals surface area contributed by atoms with Crippen LogP contribution in [-0.4, -0.2) is 6.21 Å². The molecule has 1 heteroatoms. The lowest BCUT2D eigenvalue weighted by Crippen LogP contribution is -1.75. The molecule has 0 spiro atoms. The summed E-state index contributed by atoms with van der Waals surface area (Å²) in [6.45, 7) is 6.42. The van der Waals surface area contributed by atoms with Crippen LogP contribution in [0.15, 0.2) is 16.8 Å². The van der Waals surface area contributed by atoms with E-state index in [1.54, 1.807) is 0 Å². The second-order valence-electron chi connectivity index (χ2n) is 2.23. The first-order valence-corrected chi connectivity index (χ1v) is 4.04. The minimum atomic E-state index is 1.03. The summed E-state index contributed by atoms with van der Waals surface area (Å²) in [5, 5.41) is 0. The van der Waals surface area contributed by atoms with Gasteiger partial charge in [0.2, 0.25) is 0 Å². The van der Waals surface area contributed by atoms with Gasteiger partial charge in [-0.25, -0.2) is 0 Å². The van der Waals surface area contributed by atoms with Crippen LogP contribution >= 0.6 is 0 Å². The molecule has 0 bridgehead atoms. The zero-order chi connectivity index (χ0) is 7.82. The van der Waals surface area contributed by atoms with Gasteiger partial charge < -0.3 is 0 Å². The zero-order valence-corrected chi connectivity index (χ0v) is 7.22. The number of hydrogen-bond acceptors (Lipinski definition) is 1. The van der Waals surface area contributed by atoms with Gasteiger partial charge in [-0.3, -0.25) is 4.99 Å². The summed E-state index contributed by atoms with van der Waals surface area (Å²) in [6.07, 6.45) is 7.18. The lowest BCUT2D eigenvalue weighted by molar-refractivity contribution is 0.969. The molecule has 0 amide bonds. The van der Waals surface area contributed by atoms with Crippen LogP contribution in [0.4, 0.5) is 0 Å². The lowest BCUT2D eigenvalue weighted by Gasteiger charge is -1.94. The molecule has 0 radical (unpaired) electrons. The van der Waals surface area contributed by atoms with E-state index in [0.717, 1.165) is 19.3 Å². The van der Waals surface area contributed by atoms with Crippen molar-refractivity contribution in [1.82, 2.24) is 0 Å². The normalized spacial score (nSPS) is 10.3. The van der Waals surface area contributed by atoms with Crippen LogP contribution in [0.5, 0.6) is 0 Å². The molecule has 0 aromatic heterocycles. The van der Waals surface area contributed by atoms with Gasteiger partial charge in [-0.1, -0.05) is 26.3 Å². The van der Waals surface area contributed by atoms with Crippen molar-refractivity contribution in [2.45, 2.75) is 40.0 Å². The van der Waals surface area contributed by atoms with Gasteiger partial charge in [0, 0.05) is 12.4 Å². The molecule has 0 aliphatic rings. The van der Waals surface area contributed by atoms with Gasteiger partial charge in [-0.2, -0.15) is 0 Å². The second kappa shape index (κ2) is 6.53. The summed E-state index contributed by atoms with van der Waals surface area (Å²) in [7, 11) is 0. The third kappa shape index (κ3) is 4.30. The summed E-state index contributed by atoms with van der Waals surface area (Å²) in [4.78, 5) is 4.14. The SMILES string of the molecule is CC/C=N\C=C(CC)CC. The predicted octanol–water partition coefficient (Wildman–Crippen LogP) is 3.17. The van der Waals surface area contributed by atoms with Gasteiger partial charge in [-0.05, 0) is 19.3 Å². The molecule has 0 saturated heterocycles. The Hall–Kier alpha value is -0.590. The molecule has 10 heavy (non-hydrogen) atoms. The van der Waals surface area contributed by atoms with Crippen molar-refractivity contribution >= 4 is 6.21 Å². The molecule has 0 N–H and O–H groups in total. The summed E-state index contributed by atoms with van der Waals surface area (Å²) >= 11 is 0. The number of allylic oxidation sites excluding steroid dienone is 1. The van der Waals surface area contributed by atoms with Crippen molar-refractivity contribution in [3.63, 3.8) is 0 Å². The number of rotatable bonds is 4. The highest BCUT2D eigenvalue weighted by atomic mass is 14.7. The number of aliphatic imine (C=N–C) groups is 1. The van der Waals surface area contributed by atoms with Crippen LogP contribution in [0.25, 0.3) is 0 Å². The first-order chi connectivity index (χ1) is 4.85. The van der Waals surface area contributed by atoms with Gasteiger partial charge in [0.05, 0.1) is 0 Å². The van der Waals surface area contributed by atoms with Crippen LogP contribution in [0.3, 0.4) is 0 Å². The molecule has 0 rings (SSSR count). The molecule has 0 unspecified atom stereocenters. The maximum absolute atomic E-state index is 4.14. The monoisotopic (exact) mass is 139 g/mol. The van der Waals surface area contributed by atoms with Crippen LogP contribution < -0.4 is 0 Å². The Labute approximate surface area is 63.9 Å². The molecule has 0 fully saturated rings. The van der Waals surface area contributed by atoms with Gasteiger partial charge >= 0.3 is 0 Å². The minimum Gasteiger partial charge on any atom is -0.269 e. The first kappa shape index (κ1) is 9.41. The molecular formula is C9H17N. The van der Waals surface area contributed by atoms with E-state index < -0.39 is 0 Å². The maximum atomic E-state index is 4.14. The smallest absolute Gasteiger partial charge is 0.0255 e. The Kier molecular flexibility index (Phi) is 6.14. The average molecular weight is 139 g/mol. The standard InChI is InChI=1S/C9H17N/c1-4-7-10-8-9(5-2)6-3/h7-8H,4-6H2,1-3H3/b10-7-. The molecule has 0 aromatic carbocycles. The van der Waals surface area contributed by atoms with Crippen LogP contribution in [0.2, 0.25) is 0 Å².